The summed E-state index contributed by atoms with van der Waals surface area (Å²) in [6, 6.07) is 17.3. The Morgan fingerprint density at radius 3 is 2.55 bits per heavy atom. The molecule has 4 heteroatoms. The molecule has 0 bridgehead atoms. The second-order valence-corrected chi connectivity index (χ2v) is 6.16. The molecule has 0 radical (unpaired) electrons. The minimum absolute atomic E-state index is 0.00646. The number of hydrogen-bond donors (Lipinski definition) is 0. The molecule has 0 fully saturated rings. The van der Waals surface area contributed by atoms with Crippen molar-refractivity contribution in [2.45, 2.75) is 6.54 Å². The smallest absolute Gasteiger partial charge is 0.252 e. The number of halogens is 2. The van der Waals surface area contributed by atoms with E-state index in [4.69, 9.17) is 11.6 Å². The van der Waals surface area contributed by atoms with E-state index in [0.717, 1.165) is 20.0 Å². The Balaban J connectivity index is 2.24. The highest BCUT2D eigenvalue weighted by Gasteiger charge is 2.08. The summed E-state index contributed by atoms with van der Waals surface area (Å²) in [5.74, 6) is 0. The normalized spacial score (nSPS) is 10.9. The van der Waals surface area contributed by atoms with E-state index in [-0.39, 0.29) is 5.56 Å². The van der Waals surface area contributed by atoms with Gasteiger partial charge in [-0.25, -0.2) is 0 Å². The number of pyridine rings is 1. The molecule has 20 heavy (non-hydrogen) atoms. The van der Waals surface area contributed by atoms with E-state index in [2.05, 4.69) is 22.6 Å². The molecule has 0 aliphatic heterocycles. The highest BCUT2D eigenvalue weighted by Crippen LogP contribution is 2.23. The van der Waals surface area contributed by atoms with E-state index in [0.29, 0.717) is 11.6 Å². The third-order valence-electron chi connectivity index (χ3n) is 3.21. The van der Waals surface area contributed by atoms with Crippen molar-refractivity contribution in [1.82, 2.24) is 4.57 Å². The first-order valence-electron chi connectivity index (χ1n) is 6.18. The molecule has 100 valence electrons. The van der Waals surface area contributed by atoms with Crippen LogP contribution in [0, 0.1) is 3.57 Å². The fraction of sp³-hybridized carbons (Fsp3) is 0.0625. The predicted molar refractivity (Wildman–Crippen MR) is 91.5 cm³/mol. The first-order chi connectivity index (χ1) is 9.65. The molecule has 0 saturated carbocycles. The van der Waals surface area contributed by atoms with Crippen LogP contribution in [0.5, 0.6) is 0 Å². The maximum absolute atomic E-state index is 12.3. The Kier molecular flexibility index (Phi) is 3.81. The molecule has 1 aromatic heterocycles. The van der Waals surface area contributed by atoms with Crippen LogP contribution in [-0.2, 0) is 6.54 Å². The van der Waals surface area contributed by atoms with Gasteiger partial charge in [-0.05, 0) is 40.3 Å². The third kappa shape index (κ3) is 2.60. The molecule has 3 rings (SSSR count). The van der Waals surface area contributed by atoms with Gasteiger partial charge in [-0.3, -0.25) is 4.79 Å². The van der Waals surface area contributed by atoms with E-state index in [9.17, 15) is 4.79 Å². The van der Waals surface area contributed by atoms with Crippen molar-refractivity contribution in [3.63, 3.8) is 0 Å². The van der Waals surface area contributed by atoms with Crippen molar-refractivity contribution >= 4 is 45.1 Å². The number of nitrogens with zero attached hydrogens (tertiary/aromatic N) is 1. The van der Waals surface area contributed by atoms with Gasteiger partial charge in [0.05, 0.1) is 12.1 Å². The second-order valence-electron chi connectivity index (χ2n) is 4.56. The predicted octanol–water partition coefficient (Wildman–Crippen LogP) is 4.31. The maximum Gasteiger partial charge on any atom is 0.252 e. The zero-order valence-electron chi connectivity index (χ0n) is 10.5. The minimum Gasteiger partial charge on any atom is -0.304 e. The van der Waals surface area contributed by atoms with Gasteiger partial charge in [0, 0.05) is 20.0 Å². The summed E-state index contributed by atoms with van der Waals surface area (Å²) in [6.45, 7) is 0.549. The van der Waals surface area contributed by atoms with Gasteiger partial charge in [-0.2, -0.15) is 0 Å². The highest BCUT2D eigenvalue weighted by atomic mass is 127. The van der Waals surface area contributed by atoms with Gasteiger partial charge in [0.25, 0.3) is 5.56 Å². The van der Waals surface area contributed by atoms with Crippen LogP contribution in [-0.4, -0.2) is 4.57 Å². The van der Waals surface area contributed by atoms with E-state index in [1.165, 1.54) is 0 Å². The molecule has 2 aromatic carbocycles. The molecular weight excluding hydrogens is 385 g/mol. The lowest BCUT2D eigenvalue weighted by atomic mass is 10.2. The Morgan fingerprint density at radius 2 is 1.80 bits per heavy atom. The van der Waals surface area contributed by atoms with Gasteiger partial charge in [0.15, 0.2) is 0 Å². The van der Waals surface area contributed by atoms with E-state index < -0.39 is 0 Å². The van der Waals surface area contributed by atoms with Crippen molar-refractivity contribution in [3.05, 3.63) is 79.1 Å². The van der Waals surface area contributed by atoms with Gasteiger partial charge < -0.3 is 4.57 Å². The Hall–Kier alpha value is -1.33. The summed E-state index contributed by atoms with van der Waals surface area (Å²) in [5.41, 5.74) is 1.96. The third-order valence-corrected chi connectivity index (χ3v) is 4.34. The first-order valence-corrected chi connectivity index (χ1v) is 7.63. The number of hydrogen-bond acceptors (Lipinski definition) is 1. The molecule has 0 saturated heterocycles. The molecular formula is C16H11ClINO. The molecule has 0 spiro atoms. The zero-order chi connectivity index (χ0) is 14.1. The van der Waals surface area contributed by atoms with Crippen LogP contribution in [0.25, 0.3) is 10.9 Å². The Bertz CT molecular complexity index is 827. The van der Waals surface area contributed by atoms with Gasteiger partial charge in [0.2, 0.25) is 0 Å². The summed E-state index contributed by atoms with van der Waals surface area (Å²) in [6.07, 6.45) is 0. The second kappa shape index (κ2) is 5.58. The van der Waals surface area contributed by atoms with Crippen molar-refractivity contribution < 1.29 is 0 Å². The van der Waals surface area contributed by atoms with Crippen molar-refractivity contribution in [1.29, 1.82) is 0 Å². The average Bonchev–Trinajstić information content (AvgIpc) is 2.44. The standard InChI is InChI=1S/C16H11ClINO/c17-12-6-7-13-14(18)9-16(20)19(15(13)8-12)10-11-4-2-1-3-5-11/h1-9H,10H2. The monoisotopic (exact) mass is 395 g/mol. The number of rotatable bonds is 2. The molecule has 0 aliphatic carbocycles. The summed E-state index contributed by atoms with van der Waals surface area (Å²) < 4.78 is 2.71. The van der Waals surface area contributed by atoms with Crippen molar-refractivity contribution in [3.8, 4) is 0 Å². The summed E-state index contributed by atoms with van der Waals surface area (Å²) in [5, 5.41) is 1.69. The largest absolute Gasteiger partial charge is 0.304 e. The van der Waals surface area contributed by atoms with Crippen LogP contribution >= 0.6 is 34.2 Å². The quantitative estimate of drug-likeness (QED) is 0.593. The highest BCUT2D eigenvalue weighted by molar-refractivity contribution is 14.1. The lowest BCUT2D eigenvalue weighted by molar-refractivity contribution is 0.793. The topological polar surface area (TPSA) is 22.0 Å². The minimum atomic E-state index is -0.00646. The SMILES string of the molecule is O=c1cc(I)c2ccc(Cl)cc2n1Cc1ccccc1. The molecule has 0 N–H and O–H groups in total. The van der Waals surface area contributed by atoms with E-state index in [1.807, 2.05) is 48.5 Å². The Morgan fingerprint density at radius 1 is 1.05 bits per heavy atom. The van der Waals surface area contributed by atoms with Crippen LogP contribution in [0.3, 0.4) is 0 Å². The van der Waals surface area contributed by atoms with Gasteiger partial charge in [-0.1, -0.05) is 48.0 Å². The van der Waals surface area contributed by atoms with Gasteiger partial charge in [0.1, 0.15) is 0 Å². The maximum atomic E-state index is 12.3. The number of benzene rings is 2. The van der Waals surface area contributed by atoms with Gasteiger partial charge in [-0.15, -0.1) is 0 Å². The summed E-state index contributed by atoms with van der Waals surface area (Å²) in [4.78, 5) is 12.3. The number of fused-ring (bicyclic) bond motifs is 1. The molecule has 3 aromatic rings. The molecule has 0 aliphatic rings. The van der Waals surface area contributed by atoms with E-state index >= 15 is 0 Å². The molecule has 0 atom stereocenters. The van der Waals surface area contributed by atoms with Crippen LogP contribution in [0.15, 0.2) is 59.4 Å². The summed E-state index contributed by atoms with van der Waals surface area (Å²) in [7, 11) is 0. The zero-order valence-corrected chi connectivity index (χ0v) is 13.4. The van der Waals surface area contributed by atoms with Crippen LogP contribution in [0.1, 0.15) is 5.56 Å². The lowest BCUT2D eigenvalue weighted by Gasteiger charge is -2.12. The van der Waals surface area contributed by atoms with Crippen LogP contribution < -0.4 is 5.56 Å². The molecule has 1 heterocycles. The lowest BCUT2D eigenvalue weighted by Crippen LogP contribution is -2.21. The van der Waals surface area contributed by atoms with Crippen LogP contribution in [0.2, 0.25) is 5.02 Å². The van der Waals surface area contributed by atoms with Crippen molar-refractivity contribution in [2.24, 2.45) is 0 Å². The fourth-order valence-corrected chi connectivity index (χ4v) is 3.13. The summed E-state index contributed by atoms with van der Waals surface area (Å²) >= 11 is 8.27. The number of aromatic nitrogens is 1. The average molecular weight is 396 g/mol. The molecule has 0 unspecified atom stereocenters. The molecule has 2 nitrogen and oxygen atoms in total. The first kappa shape index (κ1) is 13.6. The van der Waals surface area contributed by atoms with Crippen molar-refractivity contribution in [2.75, 3.05) is 0 Å². The van der Waals surface area contributed by atoms with Gasteiger partial charge >= 0.3 is 0 Å². The molecule has 0 amide bonds. The Labute approximate surface area is 135 Å². The fourth-order valence-electron chi connectivity index (χ4n) is 2.24. The van der Waals surface area contributed by atoms with Crippen LogP contribution in [0.4, 0.5) is 0 Å². The van der Waals surface area contributed by atoms with E-state index in [1.54, 1.807) is 10.6 Å².